The van der Waals surface area contributed by atoms with E-state index in [4.69, 9.17) is 9.47 Å². The van der Waals surface area contributed by atoms with Gasteiger partial charge in [0, 0.05) is 11.7 Å². The normalized spacial score (nSPS) is 21.8. The first-order chi connectivity index (χ1) is 13.2. The van der Waals surface area contributed by atoms with Crippen LogP contribution in [0.4, 0.5) is 5.69 Å². The molecule has 0 saturated carbocycles. The summed E-state index contributed by atoms with van der Waals surface area (Å²) in [5.74, 6) is -2.32. The number of Topliss-reactive ketones (excluding diaryl/α,β-unsaturated/α-hetero) is 1. The van der Waals surface area contributed by atoms with E-state index in [1.54, 1.807) is 24.3 Å². The molecule has 150 valence electrons. The maximum atomic E-state index is 12.4. The highest BCUT2D eigenvalue weighted by atomic mass is 32.2. The van der Waals surface area contributed by atoms with Gasteiger partial charge in [0.1, 0.15) is 0 Å². The summed E-state index contributed by atoms with van der Waals surface area (Å²) in [4.78, 5) is 36.6. The molecule has 9 nitrogen and oxygen atoms in total. The molecule has 1 amide bonds. The number of ketones is 1. The van der Waals surface area contributed by atoms with E-state index in [-0.39, 0.29) is 29.6 Å². The van der Waals surface area contributed by atoms with Gasteiger partial charge in [0.25, 0.3) is 5.91 Å². The molecule has 0 bridgehead atoms. The minimum absolute atomic E-state index is 0.0133. The lowest BCUT2D eigenvalue weighted by Gasteiger charge is -2.16. The first kappa shape index (κ1) is 19.9. The molecule has 0 unspecified atom stereocenters. The lowest BCUT2D eigenvalue weighted by Crippen LogP contribution is -2.42. The topological polar surface area (TPSA) is 128 Å². The van der Waals surface area contributed by atoms with E-state index in [1.807, 2.05) is 6.07 Å². The highest BCUT2D eigenvalue weighted by Gasteiger charge is 2.35. The van der Waals surface area contributed by atoms with Crippen LogP contribution in [0.25, 0.3) is 0 Å². The lowest BCUT2D eigenvalue weighted by molar-refractivity contribution is -0.152. The number of carbonyl (C=O) groups excluding carboxylic acids is 3. The van der Waals surface area contributed by atoms with Gasteiger partial charge in [-0.05, 0) is 25.5 Å². The number of esters is 1. The molecular formula is C18H20N2O7S. The summed E-state index contributed by atoms with van der Waals surface area (Å²) in [6, 6.07) is 8.30. The van der Waals surface area contributed by atoms with Gasteiger partial charge in [-0.25, -0.2) is 13.2 Å². The summed E-state index contributed by atoms with van der Waals surface area (Å²) in [6.07, 6.45) is -0.883. The zero-order valence-electron chi connectivity index (χ0n) is 15.1. The van der Waals surface area contributed by atoms with Crippen molar-refractivity contribution in [3.05, 3.63) is 41.8 Å². The third-order valence-electron chi connectivity index (χ3n) is 4.32. The third kappa shape index (κ3) is 4.69. The molecule has 2 N–H and O–H groups in total. The van der Waals surface area contributed by atoms with Gasteiger partial charge in [0.2, 0.25) is 11.7 Å². The van der Waals surface area contributed by atoms with E-state index in [0.29, 0.717) is 12.1 Å². The Balaban J connectivity index is 1.63. The summed E-state index contributed by atoms with van der Waals surface area (Å²) in [5, 5.41) is 5.39. The van der Waals surface area contributed by atoms with E-state index in [0.717, 1.165) is 0 Å². The second-order valence-corrected chi connectivity index (χ2v) is 8.79. The fraction of sp³-hybridized carbons (Fsp3) is 0.389. The van der Waals surface area contributed by atoms with Crippen LogP contribution in [0.1, 0.15) is 13.3 Å². The Hall–Kier alpha value is -2.88. The van der Waals surface area contributed by atoms with Crippen molar-refractivity contribution in [1.82, 2.24) is 5.32 Å². The van der Waals surface area contributed by atoms with Crippen LogP contribution in [-0.4, -0.2) is 56.3 Å². The Bertz CT molecular complexity index is 925. The number of rotatable bonds is 6. The number of para-hydroxylation sites is 1. The summed E-state index contributed by atoms with van der Waals surface area (Å²) >= 11 is 0. The molecule has 2 atom stereocenters. The Morgan fingerprint density at radius 2 is 1.96 bits per heavy atom. The number of amides is 1. The number of carbonyl (C=O) groups is 3. The maximum Gasteiger partial charge on any atom is 0.348 e. The van der Waals surface area contributed by atoms with E-state index in [9.17, 15) is 22.8 Å². The van der Waals surface area contributed by atoms with Crippen LogP contribution >= 0.6 is 0 Å². The SMILES string of the molecule is C[C@H](OC(=O)C1=C(Nc2ccccc2)OCC1=O)C(=O)N[C@H]1CCS(=O)(=O)C1. The molecule has 0 radical (unpaired) electrons. The van der Waals surface area contributed by atoms with Crippen LogP contribution in [0.2, 0.25) is 0 Å². The highest BCUT2D eigenvalue weighted by Crippen LogP contribution is 2.21. The maximum absolute atomic E-state index is 12.4. The molecule has 28 heavy (non-hydrogen) atoms. The van der Waals surface area contributed by atoms with Crippen LogP contribution < -0.4 is 10.6 Å². The Labute approximate surface area is 162 Å². The fourth-order valence-electron chi connectivity index (χ4n) is 2.87. The minimum atomic E-state index is -3.15. The average Bonchev–Trinajstić information content (AvgIpc) is 3.17. The number of hydrogen-bond acceptors (Lipinski definition) is 8. The van der Waals surface area contributed by atoms with Crippen molar-refractivity contribution in [2.24, 2.45) is 0 Å². The Morgan fingerprint density at radius 3 is 2.61 bits per heavy atom. The minimum Gasteiger partial charge on any atom is -0.470 e. The van der Waals surface area contributed by atoms with E-state index < -0.39 is 39.6 Å². The predicted molar refractivity (Wildman–Crippen MR) is 98.8 cm³/mol. The summed E-state index contributed by atoms with van der Waals surface area (Å²) in [6.45, 7) is 1.04. The van der Waals surface area contributed by atoms with Gasteiger partial charge in [0.05, 0.1) is 11.5 Å². The average molecular weight is 408 g/mol. The molecule has 1 aromatic carbocycles. The summed E-state index contributed by atoms with van der Waals surface area (Å²) < 4.78 is 33.3. The molecule has 3 rings (SSSR count). The molecule has 0 aliphatic carbocycles. The number of sulfone groups is 1. The largest absolute Gasteiger partial charge is 0.470 e. The second-order valence-electron chi connectivity index (χ2n) is 6.56. The van der Waals surface area contributed by atoms with Crippen molar-refractivity contribution in [1.29, 1.82) is 0 Å². The lowest BCUT2D eigenvalue weighted by atomic mass is 10.2. The molecule has 2 aliphatic heterocycles. The monoisotopic (exact) mass is 408 g/mol. The molecule has 10 heteroatoms. The van der Waals surface area contributed by atoms with Crippen molar-refractivity contribution < 1.29 is 32.3 Å². The van der Waals surface area contributed by atoms with Crippen molar-refractivity contribution in [3.63, 3.8) is 0 Å². The van der Waals surface area contributed by atoms with Gasteiger partial charge in [-0.1, -0.05) is 18.2 Å². The van der Waals surface area contributed by atoms with Gasteiger partial charge in [-0.15, -0.1) is 0 Å². The first-order valence-corrected chi connectivity index (χ1v) is 10.5. The summed E-state index contributed by atoms with van der Waals surface area (Å²) in [5.41, 5.74) is 0.317. The number of anilines is 1. The van der Waals surface area contributed by atoms with Crippen molar-refractivity contribution in [2.45, 2.75) is 25.5 Å². The highest BCUT2D eigenvalue weighted by molar-refractivity contribution is 7.91. The quantitative estimate of drug-likeness (QED) is 0.503. The van der Waals surface area contributed by atoms with Gasteiger partial charge in [-0.3, -0.25) is 9.59 Å². The molecule has 1 fully saturated rings. The molecule has 1 saturated heterocycles. The van der Waals surface area contributed by atoms with Gasteiger partial charge in [0.15, 0.2) is 28.1 Å². The van der Waals surface area contributed by atoms with E-state index in [2.05, 4.69) is 10.6 Å². The van der Waals surface area contributed by atoms with Crippen LogP contribution in [0, 0.1) is 0 Å². The molecule has 0 aromatic heterocycles. The van der Waals surface area contributed by atoms with Gasteiger partial charge < -0.3 is 20.1 Å². The molecule has 1 aromatic rings. The zero-order valence-corrected chi connectivity index (χ0v) is 16.0. The molecule has 2 aliphatic rings. The zero-order chi connectivity index (χ0) is 20.3. The first-order valence-electron chi connectivity index (χ1n) is 8.69. The molecular weight excluding hydrogens is 388 g/mol. The van der Waals surface area contributed by atoms with Crippen molar-refractivity contribution in [3.8, 4) is 0 Å². The number of hydrogen-bond donors (Lipinski definition) is 2. The molecule has 0 spiro atoms. The van der Waals surface area contributed by atoms with E-state index >= 15 is 0 Å². The second kappa shape index (κ2) is 8.01. The number of benzene rings is 1. The summed E-state index contributed by atoms with van der Waals surface area (Å²) in [7, 11) is -3.15. The van der Waals surface area contributed by atoms with Crippen LogP contribution in [-0.2, 0) is 33.7 Å². The smallest absolute Gasteiger partial charge is 0.348 e. The predicted octanol–water partition coefficient (Wildman–Crippen LogP) is 0.144. The fourth-order valence-corrected chi connectivity index (χ4v) is 4.54. The van der Waals surface area contributed by atoms with Crippen molar-refractivity contribution >= 4 is 33.2 Å². The Kier molecular flexibility index (Phi) is 5.68. The van der Waals surface area contributed by atoms with Crippen LogP contribution in [0.3, 0.4) is 0 Å². The van der Waals surface area contributed by atoms with Gasteiger partial charge >= 0.3 is 5.97 Å². The van der Waals surface area contributed by atoms with Crippen LogP contribution in [0.15, 0.2) is 41.8 Å². The number of nitrogens with one attached hydrogen (secondary N) is 2. The van der Waals surface area contributed by atoms with Gasteiger partial charge in [-0.2, -0.15) is 0 Å². The Morgan fingerprint density at radius 1 is 1.25 bits per heavy atom. The molecule has 2 heterocycles. The van der Waals surface area contributed by atoms with E-state index in [1.165, 1.54) is 6.92 Å². The number of ether oxygens (including phenoxy) is 2. The van der Waals surface area contributed by atoms with Crippen LogP contribution in [0.5, 0.6) is 0 Å². The standard InChI is InChI=1S/C18H20N2O7S/c1-11(16(22)19-13-7-8-28(24,25)10-13)27-18(23)15-14(21)9-26-17(15)20-12-5-3-2-4-6-12/h2-6,11,13,20H,7-10H2,1H3,(H,19,22)/t11-,13-/m0/s1. The third-order valence-corrected chi connectivity index (χ3v) is 6.09. The van der Waals surface area contributed by atoms with Crippen molar-refractivity contribution in [2.75, 3.05) is 23.4 Å².